The predicted octanol–water partition coefficient (Wildman–Crippen LogP) is 2.59. The fourth-order valence-electron chi connectivity index (χ4n) is 1.93. The highest BCUT2D eigenvalue weighted by Crippen LogP contribution is 2.30. The Morgan fingerprint density at radius 1 is 1.35 bits per heavy atom. The number of nitro groups is 1. The van der Waals surface area contributed by atoms with Crippen LogP contribution in [0.15, 0.2) is 39.3 Å². The first kappa shape index (κ1) is 15.8. The van der Waals surface area contributed by atoms with Gasteiger partial charge >= 0.3 is 0 Å². The molecule has 9 heteroatoms. The Hall–Kier alpha value is -3.54. The molecular weight excluding hydrogens is 302 g/mol. The number of benzene rings is 1. The Morgan fingerprint density at radius 3 is 2.61 bits per heavy atom. The minimum absolute atomic E-state index is 0.0227. The van der Waals surface area contributed by atoms with Crippen LogP contribution >= 0.6 is 0 Å². The number of para-hydroxylation sites is 1. The molecule has 0 unspecified atom stereocenters. The summed E-state index contributed by atoms with van der Waals surface area (Å²) in [6, 6.07) is 7.45. The van der Waals surface area contributed by atoms with Gasteiger partial charge in [-0.2, -0.15) is 5.26 Å². The summed E-state index contributed by atoms with van der Waals surface area (Å²) < 4.78 is 0.860. The highest BCUT2D eigenvalue weighted by Gasteiger charge is 2.18. The number of nitro benzene ring substituents is 1. The van der Waals surface area contributed by atoms with Gasteiger partial charge < -0.3 is 5.11 Å². The highest BCUT2D eigenvalue weighted by atomic mass is 16.6. The van der Waals surface area contributed by atoms with Gasteiger partial charge in [-0.15, -0.1) is 10.2 Å². The van der Waals surface area contributed by atoms with Gasteiger partial charge in [0.1, 0.15) is 11.6 Å². The van der Waals surface area contributed by atoms with Gasteiger partial charge in [-0.1, -0.05) is 12.1 Å². The van der Waals surface area contributed by atoms with Crippen molar-refractivity contribution in [2.75, 3.05) is 0 Å². The number of aromatic hydroxyl groups is 1. The quantitative estimate of drug-likeness (QED) is 0.528. The average molecular weight is 313 g/mol. The van der Waals surface area contributed by atoms with Gasteiger partial charge in [-0.05, 0) is 13.0 Å². The number of pyridine rings is 1. The third-order valence-corrected chi connectivity index (χ3v) is 3.23. The molecule has 0 fully saturated rings. The first-order valence-corrected chi connectivity index (χ1v) is 6.36. The largest absolute Gasteiger partial charge is 0.493 e. The Bertz CT molecular complexity index is 924. The molecule has 1 N–H and O–H groups in total. The third kappa shape index (κ3) is 2.77. The zero-order chi connectivity index (χ0) is 17.1. The normalized spacial score (nSPS) is 10.7. The first-order chi connectivity index (χ1) is 10.9. The van der Waals surface area contributed by atoms with Crippen LogP contribution in [-0.2, 0) is 7.05 Å². The second-order valence-electron chi connectivity index (χ2n) is 4.59. The Balaban J connectivity index is 2.63. The summed E-state index contributed by atoms with van der Waals surface area (Å²) in [5.41, 5.74) is -1.07. The zero-order valence-electron chi connectivity index (χ0n) is 12.2. The lowest BCUT2D eigenvalue weighted by Crippen LogP contribution is -2.18. The number of hydrogen-bond donors (Lipinski definition) is 1. The molecule has 0 aliphatic carbocycles. The summed E-state index contributed by atoms with van der Waals surface area (Å²) in [5, 5.41) is 37.2. The van der Waals surface area contributed by atoms with E-state index in [9.17, 15) is 20.0 Å². The van der Waals surface area contributed by atoms with Crippen molar-refractivity contribution >= 4 is 17.1 Å². The van der Waals surface area contributed by atoms with Crippen molar-refractivity contribution in [3.8, 4) is 11.9 Å². The molecule has 0 bridgehead atoms. The summed E-state index contributed by atoms with van der Waals surface area (Å²) in [7, 11) is 1.28. The molecule has 0 spiro atoms. The molecule has 0 saturated heterocycles. The lowest BCUT2D eigenvalue weighted by Gasteiger charge is -2.08. The van der Waals surface area contributed by atoms with Crippen LogP contribution in [0.4, 0.5) is 17.1 Å². The monoisotopic (exact) mass is 313 g/mol. The van der Waals surface area contributed by atoms with Gasteiger partial charge in [0.2, 0.25) is 5.88 Å². The van der Waals surface area contributed by atoms with E-state index >= 15 is 0 Å². The Morgan fingerprint density at radius 2 is 2.00 bits per heavy atom. The number of hydrogen-bond acceptors (Lipinski definition) is 7. The van der Waals surface area contributed by atoms with E-state index in [-0.39, 0.29) is 28.2 Å². The molecule has 0 saturated carbocycles. The van der Waals surface area contributed by atoms with Gasteiger partial charge in [0, 0.05) is 18.7 Å². The minimum atomic E-state index is -0.665. The number of azo groups is 1. The van der Waals surface area contributed by atoms with E-state index in [2.05, 4.69) is 10.2 Å². The van der Waals surface area contributed by atoms with Crippen LogP contribution in [0, 0.1) is 28.4 Å². The molecular formula is C14H11N5O4. The second kappa shape index (κ2) is 6.07. The maximum absolute atomic E-state index is 12.1. The molecule has 0 aliphatic rings. The fraction of sp³-hybridized carbons (Fsp3) is 0.143. The molecule has 23 heavy (non-hydrogen) atoms. The standard InChI is InChI=1S/C14H11N5O4/c1-8-9(7-15)13(20)18(2)14(21)12(8)17-16-10-5-3-4-6-11(10)19(22)23/h3-6,20H,1-2H3. The minimum Gasteiger partial charge on any atom is -0.493 e. The molecule has 116 valence electrons. The molecule has 1 aromatic carbocycles. The van der Waals surface area contributed by atoms with Crippen molar-refractivity contribution in [3.63, 3.8) is 0 Å². The number of rotatable bonds is 3. The van der Waals surface area contributed by atoms with Gasteiger partial charge in [-0.25, -0.2) is 0 Å². The van der Waals surface area contributed by atoms with Crippen molar-refractivity contribution < 1.29 is 10.0 Å². The molecule has 0 aliphatic heterocycles. The van der Waals surface area contributed by atoms with Crippen LogP contribution < -0.4 is 5.56 Å². The fourth-order valence-corrected chi connectivity index (χ4v) is 1.93. The van der Waals surface area contributed by atoms with E-state index in [1.807, 2.05) is 0 Å². The Labute approximate surface area is 129 Å². The molecule has 1 aromatic heterocycles. The smallest absolute Gasteiger partial charge is 0.296 e. The van der Waals surface area contributed by atoms with Crippen molar-refractivity contribution in [2.45, 2.75) is 6.92 Å². The van der Waals surface area contributed by atoms with Crippen LogP contribution in [0.1, 0.15) is 11.1 Å². The topological polar surface area (TPSA) is 134 Å². The van der Waals surface area contributed by atoms with E-state index < -0.39 is 16.4 Å². The predicted molar refractivity (Wildman–Crippen MR) is 80.1 cm³/mol. The molecule has 2 rings (SSSR count). The molecule has 1 heterocycles. The van der Waals surface area contributed by atoms with Gasteiger partial charge in [0.25, 0.3) is 11.2 Å². The SMILES string of the molecule is Cc1c(C#N)c(O)n(C)c(=O)c1N=Nc1ccccc1[N+](=O)[O-]. The lowest BCUT2D eigenvalue weighted by atomic mass is 10.1. The average Bonchev–Trinajstić information content (AvgIpc) is 2.53. The van der Waals surface area contributed by atoms with Crippen LogP contribution in [0.25, 0.3) is 0 Å². The van der Waals surface area contributed by atoms with Gasteiger partial charge in [0.15, 0.2) is 11.4 Å². The lowest BCUT2D eigenvalue weighted by molar-refractivity contribution is -0.384. The zero-order valence-corrected chi connectivity index (χ0v) is 12.2. The number of aromatic nitrogens is 1. The molecule has 0 amide bonds. The highest BCUT2D eigenvalue weighted by molar-refractivity contribution is 5.59. The van der Waals surface area contributed by atoms with Crippen molar-refractivity contribution in [1.29, 1.82) is 5.26 Å². The van der Waals surface area contributed by atoms with Crippen molar-refractivity contribution in [2.24, 2.45) is 17.3 Å². The van der Waals surface area contributed by atoms with E-state index in [1.54, 1.807) is 12.1 Å². The van der Waals surface area contributed by atoms with Crippen LogP contribution in [0.5, 0.6) is 5.88 Å². The van der Waals surface area contributed by atoms with Crippen molar-refractivity contribution in [3.05, 3.63) is 55.9 Å². The third-order valence-electron chi connectivity index (χ3n) is 3.23. The molecule has 2 aromatic rings. The van der Waals surface area contributed by atoms with E-state index in [0.717, 1.165) is 4.57 Å². The maximum Gasteiger partial charge on any atom is 0.296 e. The van der Waals surface area contributed by atoms with Gasteiger partial charge in [0.05, 0.1) is 4.92 Å². The summed E-state index contributed by atoms with van der Waals surface area (Å²) in [6.07, 6.45) is 0. The number of nitrogens with zero attached hydrogens (tertiary/aromatic N) is 5. The summed E-state index contributed by atoms with van der Waals surface area (Å²) in [6.45, 7) is 1.44. The summed E-state index contributed by atoms with van der Waals surface area (Å²) in [4.78, 5) is 22.4. The van der Waals surface area contributed by atoms with Crippen LogP contribution in [-0.4, -0.2) is 14.6 Å². The summed E-state index contributed by atoms with van der Waals surface area (Å²) in [5.74, 6) is -0.473. The molecule has 9 nitrogen and oxygen atoms in total. The van der Waals surface area contributed by atoms with Gasteiger partial charge in [-0.3, -0.25) is 19.5 Å². The second-order valence-corrected chi connectivity index (χ2v) is 4.59. The van der Waals surface area contributed by atoms with Crippen LogP contribution in [0.3, 0.4) is 0 Å². The van der Waals surface area contributed by atoms with E-state index in [1.165, 1.54) is 32.2 Å². The van der Waals surface area contributed by atoms with Crippen molar-refractivity contribution in [1.82, 2.24) is 4.57 Å². The summed E-state index contributed by atoms with van der Waals surface area (Å²) >= 11 is 0. The van der Waals surface area contributed by atoms with E-state index in [0.29, 0.717) is 0 Å². The van der Waals surface area contributed by atoms with E-state index in [4.69, 9.17) is 5.26 Å². The molecule has 0 radical (unpaired) electrons. The first-order valence-electron chi connectivity index (χ1n) is 6.36. The maximum atomic E-state index is 12.1. The number of nitriles is 1. The van der Waals surface area contributed by atoms with Crippen LogP contribution in [0.2, 0.25) is 0 Å². The molecule has 0 atom stereocenters. The Kier molecular flexibility index (Phi) is 4.18.